The first-order valence-electron chi connectivity index (χ1n) is 6.12. The van der Waals surface area contributed by atoms with Gasteiger partial charge in [0, 0.05) is 0 Å². The van der Waals surface area contributed by atoms with Crippen LogP contribution in [0.2, 0.25) is 0 Å². The van der Waals surface area contributed by atoms with Gasteiger partial charge in [0.2, 0.25) is 5.89 Å². The van der Waals surface area contributed by atoms with Crippen LogP contribution in [-0.2, 0) is 0 Å². The second-order valence-corrected chi connectivity index (χ2v) is 4.51. The van der Waals surface area contributed by atoms with E-state index in [1.165, 1.54) is 6.07 Å². The number of carboxylic acids is 1. The molecule has 5 heteroatoms. The summed E-state index contributed by atoms with van der Waals surface area (Å²) < 4.78 is 5.65. The van der Waals surface area contributed by atoms with Crippen molar-refractivity contribution in [1.82, 2.24) is 10.3 Å². The Labute approximate surface area is 104 Å². The minimum Gasteiger partial charge on any atom is -0.478 e. The molecule has 0 bridgehead atoms. The van der Waals surface area contributed by atoms with Gasteiger partial charge in [0.15, 0.2) is 5.58 Å². The molecule has 0 spiro atoms. The molecule has 94 valence electrons. The first-order chi connectivity index (χ1) is 8.75. The van der Waals surface area contributed by atoms with Crippen molar-refractivity contribution in [1.29, 1.82) is 0 Å². The molecule has 0 amide bonds. The zero-order valence-corrected chi connectivity index (χ0v) is 9.85. The van der Waals surface area contributed by atoms with Gasteiger partial charge in [0.05, 0.1) is 6.04 Å². The van der Waals surface area contributed by atoms with Gasteiger partial charge in [-0.3, -0.25) is 0 Å². The van der Waals surface area contributed by atoms with Gasteiger partial charge in [-0.1, -0.05) is 12.5 Å². The summed E-state index contributed by atoms with van der Waals surface area (Å²) in [7, 11) is 0. The number of hydrogen-bond acceptors (Lipinski definition) is 4. The Kier molecular flexibility index (Phi) is 2.76. The zero-order valence-electron chi connectivity index (χ0n) is 9.85. The monoisotopic (exact) mass is 246 g/mol. The molecule has 1 unspecified atom stereocenters. The Bertz CT molecular complexity index is 585. The van der Waals surface area contributed by atoms with Crippen molar-refractivity contribution >= 4 is 17.1 Å². The van der Waals surface area contributed by atoms with E-state index in [0.717, 1.165) is 25.8 Å². The lowest BCUT2D eigenvalue weighted by atomic mass is 10.1. The molecule has 1 atom stereocenters. The fourth-order valence-electron chi connectivity index (χ4n) is 2.35. The molecule has 1 aliphatic heterocycles. The maximum atomic E-state index is 11.1. The molecule has 18 heavy (non-hydrogen) atoms. The number of para-hydroxylation sites is 1. The number of nitrogens with zero attached hydrogens (tertiary/aromatic N) is 1. The molecule has 1 aromatic heterocycles. The second kappa shape index (κ2) is 4.42. The SMILES string of the molecule is O=C(O)c1cccc2nc(C3CCCCN3)oc12. The average Bonchev–Trinajstić information content (AvgIpc) is 2.83. The number of carboxylic acid groups (broad SMARTS) is 1. The highest BCUT2D eigenvalue weighted by molar-refractivity contribution is 5.99. The van der Waals surface area contributed by atoms with E-state index in [1.807, 2.05) is 0 Å². The number of fused-ring (bicyclic) bond motifs is 1. The molecule has 2 aromatic rings. The molecular weight excluding hydrogens is 232 g/mol. The first kappa shape index (κ1) is 11.2. The molecule has 1 aromatic carbocycles. The molecule has 1 saturated heterocycles. The van der Waals surface area contributed by atoms with Crippen molar-refractivity contribution in [3.05, 3.63) is 29.7 Å². The first-order valence-corrected chi connectivity index (χ1v) is 6.12. The number of aromatic carboxylic acids is 1. The van der Waals surface area contributed by atoms with E-state index in [1.54, 1.807) is 12.1 Å². The van der Waals surface area contributed by atoms with Crippen LogP contribution in [0.25, 0.3) is 11.1 Å². The number of nitrogens with one attached hydrogen (secondary N) is 1. The number of hydrogen-bond donors (Lipinski definition) is 2. The van der Waals surface area contributed by atoms with Gasteiger partial charge in [0.25, 0.3) is 0 Å². The third-order valence-corrected chi connectivity index (χ3v) is 3.27. The lowest BCUT2D eigenvalue weighted by Crippen LogP contribution is -2.26. The molecule has 5 nitrogen and oxygen atoms in total. The standard InChI is InChI=1S/C13H14N2O3/c16-13(17)8-4-3-6-9-11(8)18-12(15-9)10-5-1-2-7-14-10/h3-4,6,10,14H,1-2,5,7H2,(H,16,17). The number of piperidine rings is 1. The largest absolute Gasteiger partial charge is 0.478 e. The molecule has 3 rings (SSSR count). The Balaban J connectivity index is 2.04. The maximum Gasteiger partial charge on any atom is 0.339 e. The Morgan fingerprint density at radius 1 is 1.44 bits per heavy atom. The number of oxazole rings is 1. The fourth-order valence-corrected chi connectivity index (χ4v) is 2.35. The van der Waals surface area contributed by atoms with Gasteiger partial charge in [-0.15, -0.1) is 0 Å². The zero-order chi connectivity index (χ0) is 12.5. The topological polar surface area (TPSA) is 75.4 Å². The Morgan fingerprint density at radius 3 is 3.06 bits per heavy atom. The number of rotatable bonds is 2. The summed E-state index contributed by atoms with van der Waals surface area (Å²) in [6.07, 6.45) is 3.29. The summed E-state index contributed by atoms with van der Waals surface area (Å²) in [5.41, 5.74) is 1.15. The summed E-state index contributed by atoms with van der Waals surface area (Å²) in [5, 5.41) is 12.4. The third kappa shape index (κ3) is 1.86. The molecule has 2 heterocycles. The van der Waals surface area contributed by atoms with Crippen LogP contribution < -0.4 is 5.32 Å². The summed E-state index contributed by atoms with van der Waals surface area (Å²) in [6.45, 7) is 0.954. The predicted molar refractivity (Wildman–Crippen MR) is 65.6 cm³/mol. The Hall–Kier alpha value is -1.88. The molecule has 1 aliphatic rings. The van der Waals surface area contributed by atoms with Crippen LogP contribution in [0.1, 0.15) is 41.6 Å². The van der Waals surface area contributed by atoms with Crippen molar-refractivity contribution in [3.63, 3.8) is 0 Å². The average molecular weight is 246 g/mol. The minimum absolute atomic E-state index is 0.104. The predicted octanol–water partition coefficient (Wildman–Crippen LogP) is 2.34. The van der Waals surface area contributed by atoms with Gasteiger partial charge >= 0.3 is 5.97 Å². The van der Waals surface area contributed by atoms with Crippen molar-refractivity contribution in [2.24, 2.45) is 0 Å². The molecule has 0 saturated carbocycles. The third-order valence-electron chi connectivity index (χ3n) is 3.27. The highest BCUT2D eigenvalue weighted by atomic mass is 16.4. The van der Waals surface area contributed by atoms with Crippen LogP contribution >= 0.6 is 0 Å². The Morgan fingerprint density at radius 2 is 2.33 bits per heavy atom. The molecule has 1 fully saturated rings. The van der Waals surface area contributed by atoms with Gasteiger partial charge in [-0.25, -0.2) is 9.78 Å². The van der Waals surface area contributed by atoms with Crippen LogP contribution in [0.15, 0.2) is 22.6 Å². The van der Waals surface area contributed by atoms with Crippen molar-refractivity contribution in [2.75, 3.05) is 6.54 Å². The van der Waals surface area contributed by atoms with Crippen LogP contribution in [0.5, 0.6) is 0 Å². The summed E-state index contributed by atoms with van der Waals surface area (Å²) in [5.74, 6) is -0.390. The lowest BCUT2D eigenvalue weighted by molar-refractivity contribution is 0.0697. The number of carbonyl (C=O) groups is 1. The van der Waals surface area contributed by atoms with Crippen LogP contribution in [0.3, 0.4) is 0 Å². The summed E-state index contributed by atoms with van der Waals surface area (Å²) in [4.78, 5) is 15.5. The fraction of sp³-hybridized carbons (Fsp3) is 0.385. The molecular formula is C13H14N2O3. The minimum atomic E-state index is -0.986. The molecule has 0 radical (unpaired) electrons. The van der Waals surface area contributed by atoms with Crippen molar-refractivity contribution in [2.45, 2.75) is 25.3 Å². The number of benzene rings is 1. The van der Waals surface area contributed by atoms with Crippen molar-refractivity contribution in [3.8, 4) is 0 Å². The molecule has 2 N–H and O–H groups in total. The van der Waals surface area contributed by atoms with Gasteiger partial charge < -0.3 is 14.8 Å². The van der Waals surface area contributed by atoms with Gasteiger partial charge in [-0.2, -0.15) is 0 Å². The maximum absolute atomic E-state index is 11.1. The van der Waals surface area contributed by atoms with E-state index >= 15 is 0 Å². The molecule has 0 aliphatic carbocycles. The summed E-state index contributed by atoms with van der Waals surface area (Å²) >= 11 is 0. The van der Waals surface area contributed by atoms with Crippen LogP contribution in [0, 0.1) is 0 Å². The highest BCUT2D eigenvalue weighted by Gasteiger charge is 2.22. The van der Waals surface area contributed by atoms with Gasteiger partial charge in [0.1, 0.15) is 11.1 Å². The highest BCUT2D eigenvalue weighted by Crippen LogP contribution is 2.27. The summed E-state index contributed by atoms with van der Waals surface area (Å²) in [6, 6.07) is 5.10. The quantitative estimate of drug-likeness (QED) is 0.850. The smallest absolute Gasteiger partial charge is 0.339 e. The van der Waals surface area contributed by atoms with Gasteiger partial charge in [-0.05, 0) is 31.5 Å². The normalized spacial score (nSPS) is 20.1. The van der Waals surface area contributed by atoms with E-state index in [4.69, 9.17) is 9.52 Å². The second-order valence-electron chi connectivity index (χ2n) is 4.51. The van der Waals surface area contributed by atoms with Crippen LogP contribution in [0.4, 0.5) is 0 Å². The van der Waals surface area contributed by atoms with E-state index in [0.29, 0.717) is 17.0 Å². The van der Waals surface area contributed by atoms with E-state index < -0.39 is 5.97 Å². The van der Waals surface area contributed by atoms with Crippen molar-refractivity contribution < 1.29 is 14.3 Å². The van der Waals surface area contributed by atoms with Crippen LogP contribution in [-0.4, -0.2) is 22.6 Å². The van der Waals surface area contributed by atoms with E-state index in [-0.39, 0.29) is 11.6 Å². The van der Waals surface area contributed by atoms with E-state index in [2.05, 4.69) is 10.3 Å². The van der Waals surface area contributed by atoms with E-state index in [9.17, 15) is 4.79 Å². The lowest BCUT2D eigenvalue weighted by Gasteiger charge is -2.20. The number of aromatic nitrogens is 1.